The third-order valence-electron chi connectivity index (χ3n) is 3.35. The molecule has 2 unspecified atom stereocenters. The van der Waals surface area contributed by atoms with Crippen molar-refractivity contribution in [2.45, 2.75) is 32.0 Å². The SMILES string of the molecule is CC1CC1C(=O)N1C[C@@H](F)C[C@H]1CN. The number of hydrogen-bond donors (Lipinski definition) is 1. The summed E-state index contributed by atoms with van der Waals surface area (Å²) >= 11 is 0. The van der Waals surface area contributed by atoms with Gasteiger partial charge in [0.1, 0.15) is 6.17 Å². The second kappa shape index (κ2) is 3.50. The van der Waals surface area contributed by atoms with Crippen LogP contribution < -0.4 is 5.73 Å². The van der Waals surface area contributed by atoms with Gasteiger partial charge in [-0.2, -0.15) is 0 Å². The number of halogens is 1. The highest BCUT2D eigenvalue weighted by Crippen LogP contribution is 2.40. The number of carbonyl (C=O) groups excluding carboxylic acids is 1. The number of rotatable bonds is 2. The van der Waals surface area contributed by atoms with Crippen LogP contribution in [0.15, 0.2) is 0 Å². The van der Waals surface area contributed by atoms with Crippen molar-refractivity contribution >= 4 is 5.91 Å². The van der Waals surface area contributed by atoms with Gasteiger partial charge in [-0.1, -0.05) is 6.92 Å². The van der Waals surface area contributed by atoms with Crippen LogP contribution >= 0.6 is 0 Å². The first-order valence-corrected chi connectivity index (χ1v) is 5.28. The molecule has 1 saturated carbocycles. The molecular formula is C10H17FN2O. The minimum absolute atomic E-state index is 0.0645. The molecule has 1 aliphatic carbocycles. The summed E-state index contributed by atoms with van der Waals surface area (Å²) in [5, 5.41) is 0. The van der Waals surface area contributed by atoms with E-state index >= 15 is 0 Å². The fraction of sp³-hybridized carbons (Fsp3) is 0.900. The van der Waals surface area contributed by atoms with Gasteiger partial charge in [0.25, 0.3) is 0 Å². The van der Waals surface area contributed by atoms with Crippen LogP contribution in [0.4, 0.5) is 4.39 Å². The van der Waals surface area contributed by atoms with E-state index in [0.29, 0.717) is 18.9 Å². The monoisotopic (exact) mass is 200 g/mol. The highest BCUT2D eigenvalue weighted by atomic mass is 19.1. The van der Waals surface area contributed by atoms with Crippen LogP contribution in [0.2, 0.25) is 0 Å². The summed E-state index contributed by atoms with van der Waals surface area (Å²) in [4.78, 5) is 13.5. The highest BCUT2D eigenvalue weighted by Gasteiger charge is 2.45. The fourth-order valence-electron chi connectivity index (χ4n) is 2.23. The third-order valence-corrected chi connectivity index (χ3v) is 3.35. The first kappa shape index (κ1) is 9.90. The van der Waals surface area contributed by atoms with Gasteiger partial charge in [0.2, 0.25) is 5.91 Å². The first-order chi connectivity index (χ1) is 6.63. The molecule has 0 aromatic heterocycles. The fourth-order valence-corrected chi connectivity index (χ4v) is 2.23. The largest absolute Gasteiger partial charge is 0.335 e. The van der Waals surface area contributed by atoms with E-state index in [1.165, 1.54) is 0 Å². The molecule has 4 atom stereocenters. The Balaban J connectivity index is 1.98. The molecular weight excluding hydrogens is 183 g/mol. The summed E-state index contributed by atoms with van der Waals surface area (Å²) < 4.78 is 13.1. The topological polar surface area (TPSA) is 46.3 Å². The Hall–Kier alpha value is -0.640. The predicted molar refractivity (Wildman–Crippen MR) is 51.3 cm³/mol. The van der Waals surface area contributed by atoms with Gasteiger partial charge in [0.05, 0.1) is 6.54 Å². The number of likely N-dealkylation sites (tertiary alicyclic amines) is 1. The summed E-state index contributed by atoms with van der Waals surface area (Å²) in [6.45, 7) is 2.69. The van der Waals surface area contributed by atoms with E-state index in [1.54, 1.807) is 4.90 Å². The molecule has 14 heavy (non-hydrogen) atoms. The van der Waals surface area contributed by atoms with E-state index in [9.17, 15) is 9.18 Å². The third kappa shape index (κ3) is 1.63. The van der Waals surface area contributed by atoms with E-state index in [4.69, 9.17) is 5.73 Å². The molecule has 0 aromatic rings. The van der Waals surface area contributed by atoms with Crippen molar-refractivity contribution in [3.8, 4) is 0 Å². The van der Waals surface area contributed by atoms with Crippen LogP contribution in [0.5, 0.6) is 0 Å². The molecule has 1 aliphatic heterocycles. The lowest BCUT2D eigenvalue weighted by atomic mass is 10.2. The Kier molecular flexibility index (Phi) is 2.47. The van der Waals surface area contributed by atoms with Crippen LogP contribution in [0, 0.1) is 11.8 Å². The summed E-state index contributed by atoms with van der Waals surface area (Å²) in [6, 6.07) is -0.0645. The van der Waals surface area contributed by atoms with Crippen molar-refractivity contribution in [1.82, 2.24) is 4.90 Å². The Bertz CT molecular complexity index is 246. The average molecular weight is 200 g/mol. The average Bonchev–Trinajstić information content (AvgIpc) is 2.74. The number of nitrogens with two attached hydrogens (primary N) is 1. The smallest absolute Gasteiger partial charge is 0.226 e. The van der Waals surface area contributed by atoms with Crippen LogP contribution in [0.3, 0.4) is 0 Å². The molecule has 3 nitrogen and oxygen atoms in total. The zero-order valence-electron chi connectivity index (χ0n) is 8.45. The Morgan fingerprint density at radius 2 is 2.21 bits per heavy atom. The second-order valence-corrected chi connectivity index (χ2v) is 4.53. The summed E-state index contributed by atoms with van der Waals surface area (Å²) in [6.07, 6.45) is 0.508. The molecule has 0 spiro atoms. The van der Waals surface area contributed by atoms with Gasteiger partial charge in [-0.05, 0) is 12.3 Å². The molecule has 4 heteroatoms. The molecule has 2 aliphatic rings. The lowest BCUT2D eigenvalue weighted by Crippen LogP contribution is -2.41. The quantitative estimate of drug-likeness (QED) is 0.707. The number of nitrogens with zero attached hydrogens (tertiary/aromatic N) is 1. The first-order valence-electron chi connectivity index (χ1n) is 5.28. The maximum absolute atomic E-state index is 13.1. The van der Waals surface area contributed by atoms with Crippen molar-refractivity contribution in [2.75, 3.05) is 13.1 Å². The molecule has 2 fully saturated rings. The lowest BCUT2D eigenvalue weighted by Gasteiger charge is -2.23. The van der Waals surface area contributed by atoms with Crippen LogP contribution in [0.1, 0.15) is 19.8 Å². The minimum Gasteiger partial charge on any atom is -0.335 e. The number of hydrogen-bond acceptors (Lipinski definition) is 2. The summed E-state index contributed by atoms with van der Waals surface area (Å²) in [7, 11) is 0. The highest BCUT2D eigenvalue weighted by molar-refractivity contribution is 5.82. The van der Waals surface area contributed by atoms with Gasteiger partial charge in [0.15, 0.2) is 0 Å². The maximum atomic E-state index is 13.1. The van der Waals surface area contributed by atoms with Crippen molar-refractivity contribution in [2.24, 2.45) is 17.6 Å². The van der Waals surface area contributed by atoms with Gasteiger partial charge >= 0.3 is 0 Å². The summed E-state index contributed by atoms with van der Waals surface area (Å²) in [5.41, 5.74) is 5.52. The Labute approximate surface area is 83.4 Å². The van der Waals surface area contributed by atoms with Crippen LogP contribution in [-0.2, 0) is 4.79 Å². The Morgan fingerprint density at radius 3 is 2.71 bits per heavy atom. The van der Waals surface area contributed by atoms with Crippen molar-refractivity contribution in [1.29, 1.82) is 0 Å². The molecule has 1 heterocycles. The standard InChI is InChI=1S/C10H17FN2O/c1-6-2-9(6)10(14)13-5-7(11)3-8(13)4-12/h6-9H,2-5,12H2,1H3/t6?,7-,8-,9?/m0/s1. The predicted octanol–water partition coefficient (Wildman–Crippen LogP) is 0.540. The van der Waals surface area contributed by atoms with E-state index in [-0.39, 0.29) is 24.4 Å². The van der Waals surface area contributed by atoms with E-state index in [1.807, 2.05) is 0 Å². The Morgan fingerprint density at radius 1 is 1.57 bits per heavy atom. The van der Waals surface area contributed by atoms with Crippen molar-refractivity contribution in [3.63, 3.8) is 0 Å². The van der Waals surface area contributed by atoms with Crippen LogP contribution in [0.25, 0.3) is 0 Å². The van der Waals surface area contributed by atoms with Gasteiger partial charge in [-0.25, -0.2) is 4.39 Å². The maximum Gasteiger partial charge on any atom is 0.226 e. The van der Waals surface area contributed by atoms with Crippen molar-refractivity contribution in [3.05, 3.63) is 0 Å². The van der Waals surface area contributed by atoms with E-state index in [2.05, 4.69) is 6.92 Å². The molecule has 80 valence electrons. The van der Waals surface area contributed by atoms with Crippen LogP contribution in [-0.4, -0.2) is 36.1 Å². The molecule has 1 saturated heterocycles. The molecule has 2 rings (SSSR count). The molecule has 0 radical (unpaired) electrons. The van der Waals surface area contributed by atoms with Crippen molar-refractivity contribution < 1.29 is 9.18 Å². The minimum atomic E-state index is -0.874. The number of amides is 1. The second-order valence-electron chi connectivity index (χ2n) is 4.53. The summed E-state index contributed by atoms with van der Waals surface area (Å²) in [5.74, 6) is 0.752. The zero-order valence-corrected chi connectivity index (χ0v) is 8.45. The number of alkyl halides is 1. The van der Waals surface area contributed by atoms with Gasteiger partial charge in [-0.3, -0.25) is 4.79 Å². The van der Waals surface area contributed by atoms with Gasteiger partial charge in [0, 0.05) is 24.9 Å². The van der Waals surface area contributed by atoms with E-state index in [0.717, 1.165) is 6.42 Å². The zero-order chi connectivity index (χ0) is 10.3. The molecule has 1 amide bonds. The lowest BCUT2D eigenvalue weighted by molar-refractivity contribution is -0.133. The van der Waals surface area contributed by atoms with E-state index < -0.39 is 6.17 Å². The normalized spacial score (nSPS) is 41.5. The molecule has 0 aromatic carbocycles. The van der Waals surface area contributed by atoms with Gasteiger partial charge < -0.3 is 10.6 Å². The van der Waals surface area contributed by atoms with Gasteiger partial charge in [-0.15, -0.1) is 0 Å². The molecule has 2 N–H and O–H groups in total. The number of carbonyl (C=O) groups is 1. The molecule has 0 bridgehead atoms.